The molecule has 3 rings (SSSR count). The molecule has 3 nitrogen and oxygen atoms in total. The summed E-state index contributed by atoms with van der Waals surface area (Å²) >= 11 is 0. The Balaban J connectivity index is 1.52. The summed E-state index contributed by atoms with van der Waals surface area (Å²) in [5, 5.41) is 3.67. The lowest BCUT2D eigenvalue weighted by molar-refractivity contribution is 0.251. The van der Waals surface area contributed by atoms with Crippen molar-refractivity contribution in [2.75, 3.05) is 37.6 Å². The maximum absolute atomic E-state index is 3.67. The molecule has 2 fully saturated rings. The van der Waals surface area contributed by atoms with Crippen molar-refractivity contribution in [3.63, 3.8) is 0 Å². The van der Waals surface area contributed by atoms with E-state index < -0.39 is 0 Å². The van der Waals surface area contributed by atoms with Crippen LogP contribution in [0.2, 0.25) is 0 Å². The van der Waals surface area contributed by atoms with Gasteiger partial charge in [-0.15, -0.1) is 0 Å². The van der Waals surface area contributed by atoms with E-state index in [2.05, 4.69) is 46.3 Å². The second-order valence-corrected chi connectivity index (χ2v) is 6.55. The molecular formula is C18H29N3. The Hall–Kier alpha value is -1.06. The van der Waals surface area contributed by atoms with E-state index in [0.717, 1.165) is 13.1 Å². The third-order valence-corrected chi connectivity index (χ3v) is 4.96. The predicted molar refractivity (Wildman–Crippen MR) is 89.9 cm³/mol. The van der Waals surface area contributed by atoms with E-state index in [1.54, 1.807) is 0 Å². The first kappa shape index (κ1) is 14.9. The average Bonchev–Trinajstić information content (AvgIpc) is 3.21. The minimum Gasteiger partial charge on any atom is -0.371 e. The van der Waals surface area contributed by atoms with Crippen LogP contribution in [-0.2, 0) is 6.54 Å². The molecule has 2 heterocycles. The molecule has 0 saturated carbocycles. The topological polar surface area (TPSA) is 18.5 Å². The molecule has 2 aliphatic rings. The standard InChI is InChI=1S/C18H29N3/c1-16(20-10-4-5-11-20)14-19-15-17-8-2-3-9-18(17)21-12-6-7-13-21/h2-3,8-9,16,19H,4-7,10-15H2,1H3. The maximum atomic E-state index is 3.67. The molecule has 2 aliphatic heterocycles. The van der Waals surface area contributed by atoms with Crippen molar-refractivity contribution in [1.82, 2.24) is 10.2 Å². The lowest BCUT2D eigenvalue weighted by Gasteiger charge is -2.25. The van der Waals surface area contributed by atoms with Crippen LogP contribution in [0.25, 0.3) is 0 Å². The van der Waals surface area contributed by atoms with Gasteiger partial charge in [0.15, 0.2) is 0 Å². The average molecular weight is 287 g/mol. The van der Waals surface area contributed by atoms with Crippen LogP contribution in [-0.4, -0.2) is 43.7 Å². The molecule has 21 heavy (non-hydrogen) atoms. The van der Waals surface area contributed by atoms with Crippen molar-refractivity contribution < 1.29 is 0 Å². The van der Waals surface area contributed by atoms with Crippen LogP contribution < -0.4 is 10.2 Å². The number of rotatable bonds is 6. The molecule has 0 aliphatic carbocycles. The van der Waals surface area contributed by atoms with Crippen molar-refractivity contribution in [2.45, 2.75) is 45.2 Å². The monoisotopic (exact) mass is 287 g/mol. The summed E-state index contributed by atoms with van der Waals surface area (Å²) in [7, 11) is 0. The van der Waals surface area contributed by atoms with Gasteiger partial charge in [-0.3, -0.25) is 4.90 Å². The molecular weight excluding hydrogens is 258 g/mol. The van der Waals surface area contributed by atoms with Gasteiger partial charge in [-0.05, 0) is 57.3 Å². The third kappa shape index (κ3) is 3.78. The van der Waals surface area contributed by atoms with Gasteiger partial charge in [0.25, 0.3) is 0 Å². The molecule has 0 amide bonds. The highest BCUT2D eigenvalue weighted by atomic mass is 15.2. The minimum atomic E-state index is 0.659. The minimum absolute atomic E-state index is 0.659. The molecule has 0 aromatic heterocycles. The zero-order valence-electron chi connectivity index (χ0n) is 13.4. The number of nitrogens with zero attached hydrogens (tertiary/aromatic N) is 2. The normalized spacial score (nSPS) is 21.1. The van der Waals surface area contributed by atoms with E-state index in [9.17, 15) is 0 Å². The van der Waals surface area contributed by atoms with Crippen LogP contribution in [0.3, 0.4) is 0 Å². The molecule has 1 atom stereocenters. The summed E-state index contributed by atoms with van der Waals surface area (Å²) in [6.07, 6.45) is 5.44. The van der Waals surface area contributed by atoms with Gasteiger partial charge in [0, 0.05) is 37.9 Å². The molecule has 0 bridgehead atoms. The summed E-state index contributed by atoms with van der Waals surface area (Å²) in [4.78, 5) is 5.15. The van der Waals surface area contributed by atoms with Gasteiger partial charge in [0.05, 0.1) is 0 Å². The third-order valence-electron chi connectivity index (χ3n) is 4.96. The molecule has 116 valence electrons. The van der Waals surface area contributed by atoms with Crippen LogP contribution >= 0.6 is 0 Å². The van der Waals surface area contributed by atoms with E-state index in [0.29, 0.717) is 6.04 Å². The van der Waals surface area contributed by atoms with Crippen LogP contribution in [0.1, 0.15) is 38.2 Å². The second-order valence-electron chi connectivity index (χ2n) is 6.55. The fourth-order valence-corrected chi connectivity index (χ4v) is 3.65. The first-order valence-corrected chi connectivity index (χ1v) is 8.62. The number of hydrogen-bond acceptors (Lipinski definition) is 3. The number of anilines is 1. The molecule has 1 aromatic rings. The van der Waals surface area contributed by atoms with Crippen LogP contribution in [0, 0.1) is 0 Å². The van der Waals surface area contributed by atoms with Crippen molar-refractivity contribution in [2.24, 2.45) is 0 Å². The molecule has 1 N–H and O–H groups in total. The highest BCUT2D eigenvalue weighted by Gasteiger charge is 2.18. The summed E-state index contributed by atoms with van der Waals surface area (Å²) in [5.41, 5.74) is 2.89. The Morgan fingerprint density at radius 3 is 2.43 bits per heavy atom. The van der Waals surface area contributed by atoms with Gasteiger partial charge >= 0.3 is 0 Å². The number of nitrogens with one attached hydrogen (secondary N) is 1. The number of hydrogen-bond donors (Lipinski definition) is 1. The highest BCUT2D eigenvalue weighted by molar-refractivity contribution is 5.54. The lowest BCUT2D eigenvalue weighted by Crippen LogP contribution is -2.38. The molecule has 1 unspecified atom stereocenters. The smallest absolute Gasteiger partial charge is 0.0411 e. The molecule has 0 radical (unpaired) electrons. The Bertz CT molecular complexity index is 434. The Kier molecular flexibility index (Phi) is 5.15. The fourth-order valence-electron chi connectivity index (χ4n) is 3.65. The SMILES string of the molecule is CC(CNCc1ccccc1N1CCCC1)N1CCCC1. The zero-order chi connectivity index (χ0) is 14.5. The van der Waals surface area contributed by atoms with E-state index in [1.165, 1.54) is 63.1 Å². The van der Waals surface area contributed by atoms with E-state index in [4.69, 9.17) is 0 Å². The molecule has 3 heteroatoms. The lowest BCUT2D eigenvalue weighted by atomic mass is 10.1. The van der Waals surface area contributed by atoms with Gasteiger partial charge < -0.3 is 10.2 Å². The van der Waals surface area contributed by atoms with Gasteiger partial charge in [-0.25, -0.2) is 0 Å². The highest BCUT2D eigenvalue weighted by Crippen LogP contribution is 2.24. The van der Waals surface area contributed by atoms with E-state index >= 15 is 0 Å². The molecule has 2 saturated heterocycles. The van der Waals surface area contributed by atoms with Crippen LogP contribution in [0.5, 0.6) is 0 Å². The van der Waals surface area contributed by atoms with Crippen LogP contribution in [0.4, 0.5) is 5.69 Å². The van der Waals surface area contributed by atoms with Gasteiger partial charge in [0.1, 0.15) is 0 Å². The molecule has 0 spiro atoms. The number of likely N-dealkylation sites (tertiary alicyclic amines) is 1. The van der Waals surface area contributed by atoms with Crippen molar-refractivity contribution >= 4 is 5.69 Å². The summed E-state index contributed by atoms with van der Waals surface area (Å²) in [6.45, 7) is 9.45. The zero-order valence-corrected chi connectivity index (χ0v) is 13.4. The second kappa shape index (κ2) is 7.28. The Morgan fingerprint density at radius 2 is 1.67 bits per heavy atom. The number of para-hydroxylation sites is 1. The quantitative estimate of drug-likeness (QED) is 0.868. The van der Waals surface area contributed by atoms with Crippen molar-refractivity contribution in [1.29, 1.82) is 0 Å². The van der Waals surface area contributed by atoms with Crippen LogP contribution in [0.15, 0.2) is 24.3 Å². The summed E-state index contributed by atoms with van der Waals surface area (Å²) < 4.78 is 0. The summed E-state index contributed by atoms with van der Waals surface area (Å²) in [5.74, 6) is 0. The maximum Gasteiger partial charge on any atom is 0.0411 e. The number of benzene rings is 1. The predicted octanol–water partition coefficient (Wildman–Crippen LogP) is 2.86. The largest absolute Gasteiger partial charge is 0.371 e. The Labute approximate surface area is 129 Å². The van der Waals surface area contributed by atoms with E-state index in [1.807, 2.05) is 0 Å². The summed E-state index contributed by atoms with van der Waals surface area (Å²) in [6, 6.07) is 9.56. The van der Waals surface area contributed by atoms with Gasteiger partial charge in [0.2, 0.25) is 0 Å². The first-order chi connectivity index (χ1) is 10.3. The Morgan fingerprint density at radius 1 is 1.00 bits per heavy atom. The fraction of sp³-hybridized carbons (Fsp3) is 0.667. The molecule has 1 aromatic carbocycles. The first-order valence-electron chi connectivity index (χ1n) is 8.62. The van der Waals surface area contributed by atoms with Gasteiger partial charge in [-0.2, -0.15) is 0 Å². The van der Waals surface area contributed by atoms with Crippen molar-refractivity contribution in [3.8, 4) is 0 Å². The van der Waals surface area contributed by atoms with Crippen molar-refractivity contribution in [3.05, 3.63) is 29.8 Å². The van der Waals surface area contributed by atoms with E-state index in [-0.39, 0.29) is 0 Å². The van der Waals surface area contributed by atoms with Gasteiger partial charge in [-0.1, -0.05) is 18.2 Å².